The van der Waals surface area contributed by atoms with Crippen molar-refractivity contribution in [2.45, 2.75) is 45.7 Å². The Labute approximate surface area is 265 Å². The molecule has 2 heterocycles. The van der Waals surface area contributed by atoms with Crippen LogP contribution in [0.3, 0.4) is 0 Å². The Morgan fingerprint density at radius 2 is 1.67 bits per heavy atom. The molecule has 0 saturated carbocycles. The first-order valence-corrected chi connectivity index (χ1v) is 14.3. The Balaban J connectivity index is 1.59. The molecule has 2 amide bonds. The number of hydrogen-bond donors (Lipinski definition) is 2. The van der Waals surface area contributed by atoms with Gasteiger partial charge in [0.05, 0.1) is 39.0 Å². The lowest BCUT2D eigenvalue weighted by atomic mass is 9.84. The summed E-state index contributed by atoms with van der Waals surface area (Å²) in [4.78, 5) is 56.5. The summed E-state index contributed by atoms with van der Waals surface area (Å²) in [6.07, 6.45) is 0.314. The van der Waals surface area contributed by atoms with Gasteiger partial charge in [0.2, 0.25) is 17.6 Å². The molecule has 0 bridgehead atoms. The number of Topliss-reactive ketones (excluding diaryl/α,β-unsaturated/α-hetero) is 1. The van der Waals surface area contributed by atoms with E-state index >= 15 is 0 Å². The number of amides is 2. The Morgan fingerprint density at radius 1 is 0.978 bits per heavy atom. The summed E-state index contributed by atoms with van der Waals surface area (Å²) in [5.74, 6) is -0.493. The van der Waals surface area contributed by atoms with Gasteiger partial charge in [-0.3, -0.25) is 24.3 Å². The third-order valence-corrected chi connectivity index (χ3v) is 7.34. The van der Waals surface area contributed by atoms with Crippen LogP contribution < -0.4 is 25.7 Å². The normalized spacial score (nSPS) is 11.9. The van der Waals surface area contributed by atoms with Crippen LogP contribution in [0.5, 0.6) is 11.5 Å². The number of ketones is 1. The van der Waals surface area contributed by atoms with Gasteiger partial charge in [-0.15, -0.1) is 10.2 Å². The van der Waals surface area contributed by atoms with Gasteiger partial charge in [0, 0.05) is 5.56 Å². The van der Waals surface area contributed by atoms with Crippen molar-refractivity contribution in [1.82, 2.24) is 25.1 Å². The SMILES string of the molecule is COC(=O)Nc1cnc(-c2ccccc2)n(CC(=O)N[C@H](C(=O)c2nnc(C(C)(C)c3ccc(OC)c(OC)c3)o2)C(C)C)c1=O. The number of hydrogen-bond acceptors (Lipinski definition) is 11. The van der Waals surface area contributed by atoms with Gasteiger partial charge in [-0.1, -0.05) is 50.2 Å². The van der Waals surface area contributed by atoms with Gasteiger partial charge in [-0.25, -0.2) is 9.78 Å². The number of benzene rings is 2. The average Bonchev–Trinajstić information content (AvgIpc) is 3.56. The van der Waals surface area contributed by atoms with Crippen LogP contribution in [0.25, 0.3) is 11.4 Å². The third-order valence-electron chi connectivity index (χ3n) is 7.34. The van der Waals surface area contributed by atoms with Crippen molar-refractivity contribution in [2.24, 2.45) is 5.92 Å². The molecule has 0 aliphatic carbocycles. The molecule has 2 aromatic heterocycles. The molecule has 2 N–H and O–H groups in total. The second-order valence-electron chi connectivity index (χ2n) is 11.1. The smallest absolute Gasteiger partial charge is 0.411 e. The van der Waals surface area contributed by atoms with E-state index in [9.17, 15) is 19.2 Å². The molecule has 0 spiro atoms. The maximum Gasteiger partial charge on any atom is 0.411 e. The first-order chi connectivity index (χ1) is 21.9. The Kier molecular flexibility index (Phi) is 10.2. The van der Waals surface area contributed by atoms with Gasteiger partial charge >= 0.3 is 6.09 Å². The standard InChI is InChI=1S/C32H36N6O8/c1-18(2)25(26(40)28-36-37-30(46-28)32(3,4)20-13-14-22(43-5)23(15-20)44-6)35-24(39)17-38-27(19-11-9-8-10-12-19)33-16-21(29(38)41)34-31(42)45-7/h8-16,18,25H,17H2,1-7H3,(H,34,42)(H,35,39)/t25-/m0/s1. The van der Waals surface area contributed by atoms with Crippen molar-refractivity contribution in [3.8, 4) is 22.9 Å². The van der Waals surface area contributed by atoms with E-state index in [0.717, 1.165) is 17.2 Å². The quantitative estimate of drug-likeness (QED) is 0.217. The number of carbonyl (C=O) groups excluding carboxylic acids is 3. The van der Waals surface area contributed by atoms with Crippen LogP contribution in [-0.2, 0) is 21.5 Å². The van der Waals surface area contributed by atoms with E-state index < -0.39 is 41.3 Å². The van der Waals surface area contributed by atoms with Crippen molar-refractivity contribution < 1.29 is 33.0 Å². The molecule has 0 saturated heterocycles. The first kappa shape index (κ1) is 33.4. The zero-order valence-corrected chi connectivity index (χ0v) is 26.6. The number of methoxy groups -OCH3 is 3. The summed E-state index contributed by atoms with van der Waals surface area (Å²) in [5, 5.41) is 13.2. The second-order valence-corrected chi connectivity index (χ2v) is 11.1. The number of nitrogens with one attached hydrogen (secondary N) is 2. The van der Waals surface area contributed by atoms with Crippen LogP contribution >= 0.6 is 0 Å². The van der Waals surface area contributed by atoms with Crippen LogP contribution in [0.15, 0.2) is 63.9 Å². The van der Waals surface area contributed by atoms with E-state index in [2.05, 4.69) is 30.6 Å². The fourth-order valence-corrected chi connectivity index (χ4v) is 4.66. The van der Waals surface area contributed by atoms with Gasteiger partial charge in [0.1, 0.15) is 18.1 Å². The van der Waals surface area contributed by atoms with Gasteiger partial charge in [0.15, 0.2) is 11.5 Å². The molecule has 0 unspecified atom stereocenters. The molecule has 46 heavy (non-hydrogen) atoms. The molecule has 0 fully saturated rings. The fourth-order valence-electron chi connectivity index (χ4n) is 4.66. The van der Waals surface area contributed by atoms with Crippen molar-refractivity contribution in [1.29, 1.82) is 0 Å². The fraction of sp³-hybridized carbons (Fsp3) is 0.344. The van der Waals surface area contributed by atoms with Crippen molar-refractivity contribution in [3.63, 3.8) is 0 Å². The highest BCUT2D eigenvalue weighted by molar-refractivity contribution is 5.98. The predicted molar refractivity (Wildman–Crippen MR) is 167 cm³/mol. The monoisotopic (exact) mass is 632 g/mol. The van der Waals surface area contributed by atoms with Gasteiger partial charge in [-0.2, -0.15) is 0 Å². The number of carbonyl (C=O) groups is 3. The lowest BCUT2D eigenvalue weighted by molar-refractivity contribution is -0.122. The van der Waals surface area contributed by atoms with Crippen LogP contribution in [0.4, 0.5) is 10.5 Å². The molecule has 0 radical (unpaired) electrons. The molecular weight excluding hydrogens is 596 g/mol. The zero-order chi connectivity index (χ0) is 33.6. The number of ether oxygens (including phenoxy) is 3. The molecule has 2 aromatic carbocycles. The number of rotatable bonds is 12. The largest absolute Gasteiger partial charge is 0.493 e. The van der Waals surface area contributed by atoms with E-state index in [0.29, 0.717) is 17.1 Å². The molecule has 242 valence electrons. The summed E-state index contributed by atoms with van der Waals surface area (Å²) in [6.45, 7) is 6.70. The molecule has 4 rings (SSSR count). The summed E-state index contributed by atoms with van der Waals surface area (Å²) in [6, 6.07) is 13.1. The first-order valence-electron chi connectivity index (χ1n) is 14.3. The second kappa shape index (κ2) is 14.1. The highest BCUT2D eigenvalue weighted by Gasteiger charge is 2.35. The van der Waals surface area contributed by atoms with Gasteiger partial charge < -0.3 is 23.9 Å². The number of anilines is 1. The topological polar surface area (TPSA) is 177 Å². The van der Waals surface area contributed by atoms with Crippen LogP contribution in [0.2, 0.25) is 0 Å². The molecule has 1 atom stereocenters. The number of aromatic nitrogens is 4. The van der Waals surface area contributed by atoms with Crippen LogP contribution in [-0.4, -0.2) is 64.9 Å². The average molecular weight is 633 g/mol. The molecule has 0 aliphatic rings. The van der Waals surface area contributed by atoms with Gasteiger partial charge in [-0.05, 0) is 37.5 Å². The minimum absolute atomic E-state index is 0.178. The minimum Gasteiger partial charge on any atom is -0.493 e. The summed E-state index contributed by atoms with van der Waals surface area (Å²) < 4.78 is 22.3. The summed E-state index contributed by atoms with van der Waals surface area (Å²) in [7, 11) is 4.23. The van der Waals surface area contributed by atoms with E-state index in [1.165, 1.54) is 13.3 Å². The Bertz CT molecular complexity index is 1780. The zero-order valence-electron chi connectivity index (χ0n) is 26.6. The third kappa shape index (κ3) is 7.06. The van der Waals surface area contributed by atoms with Crippen molar-refractivity contribution in [2.75, 3.05) is 26.6 Å². The maximum atomic E-state index is 13.6. The van der Waals surface area contributed by atoms with Crippen molar-refractivity contribution in [3.05, 3.63) is 82.4 Å². The summed E-state index contributed by atoms with van der Waals surface area (Å²) >= 11 is 0. The highest BCUT2D eigenvalue weighted by atomic mass is 16.5. The molecular formula is C32H36N6O8. The van der Waals surface area contributed by atoms with Crippen LogP contribution in [0.1, 0.15) is 49.8 Å². The number of nitrogens with zero attached hydrogens (tertiary/aromatic N) is 4. The lowest BCUT2D eigenvalue weighted by Crippen LogP contribution is -2.46. The Hall–Kier alpha value is -5.53. The van der Waals surface area contributed by atoms with E-state index in [1.54, 1.807) is 63.4 Å². The Morgan fingerprint density at radius 3 is 2.30 bits per heavy atom. The lowest BCUT2D eigenvalue weighted by Gasteiger charge is -2.22. The van der Waals surface area contributed by atoms with E-state index in [-0.39, 0.29) is 29.2 Å². The van der Waals surface area contributed by atoms with Crippen LogP contribution in [0, 0.1) is 5.92 Å². The highest BCUT2D eigenvalue weighted by Crippen LogP contribution is 2.36. The predicted octanol–water partition coefficient (Wildman–Crippen LogP) is 3.84. The van der Waals surface area contributed by atoms with Crippen molar-refractivity contribution >= 4 is 23.5 Å². The molecule has 0 aliphatic heterocycles. The molecule has 14 nitrogen and oxygen atoms in total. The van der Waals surface area contributed by atoms with E-state index in [4.69, 9.17) is 13.9 Å². The van der Waals surface area contributed by atoms with E-state index in [1.807, 2.05) is 19.9 Å². The minimum atomic E-state index is -1.06. The van der Waals surface area contributed by atoms with Gasteiger partial charge in [0.25, 0.3) is 11.4 Å². The molecule has 14 heteroatoms. The molecule has 4 aromatic rings. The maximum absolute atomic E-state index is 13.6. The summed E-state index contributed by atoms with van der Waals surface area (Å²) in [5.41, 5.74) is -0.359.